The number of rotatable bonds is 18. The van der Waals surface area contributed by atoms with Gasteiger partial charge in [0.05, 0.1) is 63.6 Å². The van der Waals surface area contributed by atoms with Crippen LogP contribution < -0.4 is 18.9 Å². The minimum atomic E-state index is -0.252. The average Bonchev–Trinajstić information content (AvgIpc) is 4.05. The number of thiophene rings is 5. The van der Waals surface area contributed by atoms with Crippen molar-refractivity contribution < 1.29 is 38.0 Å². The minimum Gasteiger partial charge on any atom is -0.496 e. The first-order chi connectivity index (χ1) is 32.9. The molecule has 0 amide bonds. The van der Waals surface area contributed by atoms with Gasteiger partial charge >= 0.3 is 11.9 Å². The third kappa shape index (κ3) is 10.0. The summed E-state index contributed by atoms with van der Waals surface area (Å²) in [6.45, 7) is 29.9. The Hall–Kier alpha value is -4.92. The smallest absolute Gasteiger partial charge is 0.310 e. The van der Waals surface area contributed by atoms with E-state index in [1.165, 1.54) is 52.9 Å². The van der Waals surface area contributed by atoms with E-state index in [-0.39, 0.29) is 37.0 Å². The predicted molar refractivity (Wildman–Crippen MR) is 292 cm³/mol. The van der Waals surface area contributed by atoms with E-state index in [1.54, 1.807) is 59.6 Å². The van der Waals surface area contributed by atoms with Gasteiger partial charge in [-0.3, -0.25) is 9.59 Å². The third-order valence-corrected chi connectivity index (χ3v) is 20.1. The highest BCUT2D eigenvalue weighted by Gasteiger charge is 2.31. The Labute approximate surface area is 428 Å². The zero-order valence-electron chi connectivity index (χ0n) is 42.8. The predicted octanol–water partition coefficient (Wildman–Crippen LogP) is 16.3. The highest BCUT2D eigenvalue weighted by molar-refractivity contribution is 7.31. The second-order valence-electron chi connectivity index (χ2n) is 17.7. The lowest BCUT2D eigenvalue weighted by Crippen LogP contribution is -2.08. The van der Waals surface area contributed by atoms with Crippen molar-refractivity contribution >= 4 is 68.6 Å². The van der Waals surface area contributed by atoms with Crippen molar-refractivity contribution in [3.05, 3.63) is 92.0 Å². The number of methoxy groups -OCH3 is 2. The standard InChI is InChI=1S/C56H64O8S5/c1-17-61-43(57)25-37-35(13)47(45-39(59-15)21-19-23-41(45)63-27(3)4)65-55(37)53-33(11)31(9)51(68-53)49-29(7)30(8)50(67-49)52-32(10)34(12)54(69-52)56-38(26-44(58)62-18-2)36(14)48(66-56)46-40(60-16)22-20-24-42(46)64-28(5)6/h19-24,27-28H,17-18,25-26H2,1-16H3. The quantitative estimate of drug-likeness (QED) is 0.0786. The fraction of sp³-hybridized carbons (Fsp3) is 0.393. The molecule has 0 spiro atoms. The summed E-state index contributed by atoms with van der Waals surface area (Å²) in [4.78, 5) is 38.1. The monoisotopic (exact) mass is 1020 g/mol. The maximum absolute atomic E-state index is 13.3. The summed E-state index contributed by atoms with van der Waals surface area (Å²) in [7, 11) is 3.37. The Bertz CT molecular complexity index is 2840. The molecule has 8 nitrogen and oxygen atoms in total. The Kier molecular flexibility index (Phi) is 16.3. The van der Waals surface area contributed by atoms with Crippen molar-refractivity contribution in [2.24, 2.45) is 0 Å². The van der Waals surface area contributed by atoms with Gasteiger partial charge in [-0.1, -0.05) is 12.1 Å². The van der Waals surface area contributed by atoms with Crippen LogP contribution in [0.5, 0.6) is 23.0 Å². The van der Waals surface area contributed by atoms with E-state index in [0.717, 1.165) is 85.6 Å². The summed E-state index contributed by atoms with van der Waals surface area (Å²) in [5.41, 5.74) is 13.1. The van der Waals surface area contributed by atoms with Crippen molar-refractivity contribution in [2.75, 3.05) is 27.4 Å². The zero-order valence-corrected chi connectivity index (χ0v) is 46.8. The first kappa shape index (κ1) is 51.9. The van der Waals surface area contributed by atoms with Gasteiger partial charge in [0.15, 0.2) is 0 Å². The van der Waals surface area contributed by atoms with Gasteiger partial charge in [-0.25, -0.2) is 0 Å². The van der Waals surface area contributed by atoms with Crippen LogP contribution in [0, 0.1) is 55.4 Å². The highest BCUT2D eigenvalue weighted by atomic mass is 32.1. The van der Waals surface area contributed by atoms with Crippen molar-refractivity contribution in [1.82, 2.24) is 0 Å². The zero-order chi connectivity index (χ0) is 50.2. The van der Waals surface area contributed by atoms with E-state index in [4.69, 9.17) is 28.4 Å². The molecule has 0 saturated carbocycles. The molecule has 69 heavy (non-hydrogen) atoms. The Morgan fingerprint density at radius 1 is 0.420 bits per heavy atom. The molecule has 0 bridgehead atoms. The first-order valence-electron chi connectivity index (χ1n) is 23.4. The molecule has 0 aliphatic carbocycles. The van der Waals surface area contributed by atoms with Gasteiger partial charge in [0.25, 0.3) is 0 Å². The molecule has 0 atom stereocenters. The molecule has 2 aromatic carbocycles. The molecular formula is C56H64O8S5. The fourth-order valence-corrected chi connectivity index (χ4v) is 16.3. The molecule has 0 unspecified atom stereocenters. The van der Waals surface area contributed by atoms with Gasteiger partial charge in [0.1, 0.15) is 23.0 Å². The number of hydrogen-bond acceptors (Lipinski definition) is 13. The van der Waals surface area contributed by atoms with Crippen molar-refractivity contribution in [2.45, 2.75) is 122 Å². The summed E-state index contributed by atoms with van der Waals surface area (Å²) in [6, 6.07) is 11.8. The number of ether oxygens (including phenoxy) is 6. The number of carbonyl (C=O) groups excluding carboxylic acids is 2. The van der Waals surface area contributed by atoms with Crippen LogP contribution in [0.1, 0.15) is 97.2 Å². The van der Waals surface area contributed by atoms with Crippen LogP contribution in [0.3, 0.4) is 0 Å². The summed E-state index contributed by atoms with van der Waals surface area (Å²) in [6.07, 6.45) is 0.233. The molecule has 7 aromatic rings. The average molecular weight is 1030 g/mol. The van der Waals surface area contributed by atoms with Crippen LogP contribution in [-0.2, 0) is 31.9 Å². The molecule has 0 aliphatic rings. The van der Waals surface area contributed by atoms with Gasteiger partial charge in [-0.05, 0) is 177 Å². The second kappa shape index (κ2) is 21.6. The topological polar surface area (TPSA) is 89.5 Å². The van der Waals surface area contributed by atoms with Crippen LogP contribution in [0.25, 0.3) is 59.9 Å². The Morgan fingerprint density at radius 3 is 0.971 bits per heavy atom. The van der Waals surface area contributed by atoms with Crippen LogP contribution in [0.4, 0.5) is 0 Å². The van der Waals surface area contributed by atoms with Crippen molar-refractivity contribution in [3.8, 4) is 82.9 Å². The van der Waals surface area contributed by atoms with Crippen LogP contribution in [0.15, 0.2) is 36.4 Å². The maximum Gasteiger partial charge on any atom is 0.310 e. The number of hydrogen-bond donors (Lipinski definition) is 0. The van der Waals surface area contributed by atoms with E-state index in [1.807, 2.05) is 89.3 Å². The molecule has 0 N–H and O–H groups in total. The van der Waals surface area contributed by atoms with Gasteiger partial charge < -0.3 is 28.4 Å². The Balaban J connectivity index is 1.37. The Morgan fingerprint density at radius 2 is 0.696 bits per heavy atom. The van der Waals surface area contributed by atoms with E-state index < -0.39 is 0 Å². The molecule has 0 saturated heterocycles. The molecular weight excluding hydrogens is 961 g/mol. The van der Waals surface area contributed by atoms with E-state index in [9.17, 15) is 9.59 Å². The third-order valence-electron chi connectivity index (χ3n) is 12.6. The van der Waals surface area contributed by atoms with Gasteiger partial charge in [0.2, 0.25) is 0 Å². The van der Waals surface area contributed by atoms with E-state index in [0.29, 0.717) is 13.2 Å². The second-order valence-corrected chi connectivity index (χ2v) is 22.8. The fourth-order valence-electron chi connectivity index (χ4n) is 8.68. The number of benzene rings is 2. The number of carbonyl (C=O) groups is 2. The summed E-state index contributed by atoms with van der Waals surface area (Å²) in [5, 5.41) is 0. The summed E-state index contributed by atoms with van der Waals surface area (Å²) in [5.74, 6) is 2.43. The van der Waals surface area contributed by atoms with E-state index >= 15 is 0 Å². The van der Waals surface area contributed by atoms with Crippen LogP contribution in [0.2, 0.25) is 0 Å². The molecule has 366 valence electrons. The normalized spacial score (nSPS) is 11.5. The molecule has 5 heterocycles. The minimum absolute atomic E-state index is 0.0421. The lowest BCUT2D eigenvalue weighted by molar-refractivity contribution is -0.143. The van der Waals surface area contributed by atoms with Crippen molar-refractivity contribution in [1.29, 1.82) is 0 Å². The summed E-state index contributed by atoms with van der Waals surface area (Å²) < 4.78 is 35.8. The molecule has 7 rings (SSSR count). The summed E-state index contributed by atoms with van der Waals surface area (Å²) >= 11 is 8.82. The van der Waals surface area contributed by atoms with Crippen LogP contribution >= 0.6 is 56.7 Å². The molecule has 13 heteroatoms. The van der Waals surface area contributed by atoms with Gasteiger partial charge in [-0.2, -0.15) is 0 Å². The van der Waals surface area contributed by atoms with Crippen LogP contribution in [-0.4, -0.2) is 51.6 Å². The largest absolute Gasteiger partial charge is 0.496 e. The molecule has 0 aliphatic heterocycles. The first-order valence-corrected chi connectivity index (χ1v) is 27.5. The van der Waals surface area contributed by atoms with Gasteiger partial charge in [0, 0.05) is 48.8 Å². The molecule has 5 aromatic heterocycles. The SMILES string of the molecule is CCOC(=O)Cc1c(-c2sc(-c3sc(-c4sc(-c5sc(-c6c(OC)cccc6OC(C)C)c(C)c5CC(=O)OCC)c(C)c4C)c(C)c3C)c(C)c2C)sc(-c2c(OC)cccc2OC(C)C)c1C. The lowest BCUT2D eigenvalue weighted by atomic mass is 9.99. The maximum atomic E-state index is 13.3. The highest BCUT2D eigenvalue weighted by Crippen LogP contribution is 2.57. The number of esters is 2. The molecule has 0 radical (unpaired) electrons. The van der Waals surface area contributed by atoms with Gasteiger partial charge in [-0.15, -0.1) is 56.7 Å². The lowest BCUT2D eigenvalue weighted by Gasteiger charge is -2.17. The molecule has 0 fully saturated rings. The van der Waals surface area contributed by atoms with Crippen molar-refractivity contribution in [3.63, 3.8) is 0 Å². The van der Waals surface area contributed by atoms with E-state index in [2.05, 4.69) is 55.4 Å².